The van der Waals surface area contributed by atoms with Crippen molar-refractivity contribution in [1.82, 2.24) is 5.32 Å². The Morgan fingerprint density at radius 3 is 2.90 bits per heavy atom. The smallest absolute Gasteiger partial charge is 0.224 e. The lowest BCUT2D eigenvalue weighted by Gasteiger charge is -2.07. The van der Waals surface area contributed by atoms with Crippen molar-refractivity contribution in [3.8, 4) is 11.5 Å². The van der Waals surface area contributed by atoms with E-state index in [-0.39, 0.29) is 18.1 Å². The lowest BCUT2D eigenvalue weighted by atomic mass is 10.2. The largest absolute Gasteiger partial charge is 0.504 e. The molecular formula is C15H21NO4. The van der Waals surface area contributed by atoms with Crippen molar-refractivity contribution in [2.75, 3.05) is 7.11 Å². The van der Waals surface area contributed by atoms with E-state index in [4.69, 9.17) is 4.74 Å². The predicted molar refractivity (Wildman–Crippen MR) is 76.6 cm³/mol. The Labute approximate surface area is 118 Å². The van der Waals surface area contributed by atoms with Gasteiger partial charge in [0.2, 0.25) is 5.91 Å². The van der Waals surface area contributed by atoms with Crippen LogP contribution in [0.1, 0.15) is 25.3 Å². The zero-order chi connectivity index (χ0) is 15.0. The van der Waals surface area contributed by atoms with Crippen LogP contribution in [0.4, 0.5) is 0 Å². The summed E-state index contributed by atoms with van der Waals surface area (Å²) in [6, 6.07) is 4.92. The number of rotatable bonds is 7. The van der Waals surface area contributed by atoms with Crippen molar-refractivity contribution in [1.29, 1.82) is 0 Å². The van der Waals surface area contributed by atoms with Crippen molar-refractivity contribution in [2.24, 2.45) is 0 Å². The highest BCUT2D eigenvalue weighted by atomic mass is 16.5. The minimum atomic E-state index is -0.496. The molecule has 1 unspecified atom stereocenters. The van der Waals surface area contributed by atoms with Gasteiger partial charge in [0.05, 0.1) is 13.2 Å². The summed E-state index contributed by atoms with van der Waals surface area (Å²) >= 11 is 0. The van der Waals surface area contributed by atoms with Crippen LogP contribution in [-0.2, 0) is 11.3 Å². The van der Waals surface area contributed by atoms with Crippen LogP contribution in [0.5, 0.6) is 11.5 Å². The maximum absolute atomic E-state index is 11.6. The Bertz CT molecular complexity index is 471. The molecule has 0 aliphatic rings. The number of methoxy groups -OCH3 is 1. The fraction of sp³-hybridized carbons (Fsp3) is 0.400. The molecule has 5 heteroatoms. The molecule has 0 heterocycles. The summed E-state index contributed by atoms with van der Waals surface area (Å²) in [6.07, 6.45) is 3.63. The Morgan fingerprint density at radius 1 is 1.50 bits per heavy atom. The van der Waals surface area contributed by atoms with Gasteiger partial charge in [-0.25, -0.2) is 0 Å². The lowest BCUT2D eigenvalue weighted by Crippen LogP contribution is -2.21. The molecule has 0 radical (unpaired) electrons. The molecule has 1 amide bonds. The molecule has 3 N–H and O–H groups in total. The predicted octanol–water partition coefficient (Wildman–Crippen LogP) is 1.73. The number of ether oxygens (including phenoxy) is 1. The second kappa shape index (κ2) is 8.22. The number of phenolic OH excluding ortho intramolecular Hbond substituents is 1. The summed E-state index contributed by atoms with van der Waals surface area (Å²) < 4.78 is 4.99. The monoisotopic (exact) mass is 279 g/mol. The molecule has 0 aromatic heterocycles. The molecular weight excluding hydrogens is 258 g/mol. The Balaban J connectivity index is 2.43. The van der Waals surface area contributed by atoms with E-state index >= 15 is 0 Å². The first kappa shape index (κ1) is 16.0. The van der Waals surface area contributed by atoms with E-state index in [2.05, 4.69) is 5.32 Å². The minimum Gasteiger partial charge on any atom is -0.504 e. The number of hydrogen-bond acceptors (Lipinski definition) is 4. The van der Waals surface area contributed by atoms with Crippen LogP contribution >= 0.6 is 0 Å². The number of carbonyl (C=O) groups is 1. The number of aromatic hydroxyl groups is 1. The molecule has 5 nitrogen and oxygen atoms in total. The molecule has 0 aliphatic carbocycles. The van der Waals surface area contributed by atoms with Crippen molar-refractivity contribution >= 4 is 5.91 Å². The minimum absolute atomic E-state index is 0.0686. The van der Waals surface area contributed by atoms with Gasteiger partial charge in [0.1, 0.15) is 0 Å². The van der Waals surface area contributed by atoms with Crippen molar-refractivity contribution in [3.05, 3.63) is 35.9 Å². The van der Waals surface area contributed by atoms with Crippen LogP contribution in [0.2, 0.25) is 0 Å². The van der Waals surface area contributed by atoms with Gasteiger partial charge in [0.25, 0.3) is 0 Å². The first-order valence-corrected chi connectivity index (χ1v) is 6.54. The van der Waals surface area contributed by atoms with Gasteiger partial charge in [0, 0.05) is 13.0 Å². The molecule has 20 heavy (non-hydrogen) atoms. The van der Waals surface area contributed by atoms with Gasteiger partial charge in [-0.3, -0.25) is 4.79 Å². The average molecular weight is 279 g/mol. The first-order chi connectivity index (χ1) is 9.56. The Morgan fingerprint density at radius 2 is 2.25 bits per heavy atom. The molecule has 0 fully saturated rings. The van der Waals surface area contributed by atoms with E-state index < -0.39 is 6.10 Å². The van der Waals surface area contributed by atoms with Crippen LogP contribution in [0, 0.1) is 0 Å². The van der Waals surface area contributed by atoms with Gasteiger partial charge in [-0.2, -0.15) is 0 Å². The van der Waals surface area contributed by atoms with E-state index in [1.807, 2.05) is 6.92 Å². The zero-order valence-electron chi connectivity index (χ0n) is 11.8. The number of aliphatic hydroxyl groups is 1. The number of nitrogens with one attached hydrogen (secondary N) is 1. The second-order valence-electron chi connectivity index (χ2n) is 4.39. The van der Waals surface area contributed by atoms with Crippen LogP contribution in [0.3, 0.4) is 0 Å². The molecule has 1 rings (SSSR count). The van der Waals surface area contributed by atoms with Crippen LogP contribution in [-0.4, -0.2) is 29.3 Å². The number of aliphatic hydroxyl groups excluding tert-OH is 1. The Hall–Kier alpha value is -2.01. The molecule has 110 valence electrons. The van der Waals surface area contributed by atoms with Crippen molar-refractivity contribution in [2.45, 2.75) is 32.4 Å². The Kier molecular flexibility index (Phi) is 6.59. The van der Waals surface area contributed by atoms with E-state index in [0.29, 0.717) is 18.7 Å². The van der Waals surface area contributed by atoms with Crippen molar-refractivity contribution < 1.29 is 19.7 Å². The van der Waals surface area contributed by atoms with Crippen molar-refractivity contribution in [3.63, 3.8) is 0 Å². The standard InChI is InChI=1S/C15H21NO4/c1-3-12(17)5-4-6-15(19)16-10-11-7-8-13(18)14(9-11)20-2/h4-5,7-9,12,17-18H,3,6,10H2,1-2H3,(H,16,19)/b5-4-. The molecule has 1 aromatic carbocycles. The summed E-state index contributed by atoms with van der Waals surface area (Å²) in [7, 11) is 1.47. The number of phenols is 1. The van der Waals surface area contributed by atoms with Gasteiger partial charge < -0.3 is 20.3 Å². The van der Waals surface area contributed by atoms with Crippen LogP contribution in [0.15, 0.2) is 30.4 Å². The highest BCUT2D eigenvalue weighted by Crippen LogP contribution is 2.26. The lowest BCUT2D eigenvalue weighted by molar-refractivity contribution is -0.120. The van der Waals surface area contributed by atoms with E-state index in [1.54, 1.807) is 24.3 Å². The molecule has 0 bridgehead atoms. The highest BCUT2D eigenvalue weighted by Gasteiger charge is 2.04. The normalized spacial score (nSPS) is 12.3. The third-order valence-electron chi connectivity index (χ3n) is 2.81. The van der Waals surface area contributed by atoms with Gasteiger partial charge in [-0.15, -0.1) is 0 Å². The number of benzene rings is 1. The third kappa shape index (κ3) is 5.32. The molecule has 1 atom stereocenters. The quantitative estimate of drug-likeness (QED) is 0.664. The third-order valence-corrected chi connectivity index (χ3v) is 2.81. The van der Waals surface area contributed by atoms with Gasteiger partial charge in [0.15, 0.2) is 11.5 Å². The molecule has 1 aromatic rings. The van der Waals surface area contributed by atoms with Crippen LogP contribution in [0.25, 0.3) is 0 Å². The maximum Gasteiger partial charge on any atom is 0.224 e. The summed E-state index contributed by atoms with van der Waals surface area (Å²) in [5.41, 5.74) is 0.838. The molecule has 0 saturated carbocycles. The van der Waals surface area contributed by atoms with Crippen LogP contribution < -0.4 is 10.1 Å². The highest BCUT2D eigenvalue weighted by molar-refractivity contribution is 5.77. The fourth-order valence-electron chi connectivity index (χ4n) is 1.57. The average Bonchev–Trinajstić information content (AvgIpc) is 2.46. The van der Waals surface area contributed by atoms with Gasteiger partial charge in [-0.1, -0.05) is 25.1 Å². The summed E-state index contributed by atoms with van der Waals surface area (Å²) in [4.78, 5) is 11.6. The first-order valence-electron chi connectivity index (χ1n) is 6.54. The van der Waals surface area contributed by atoms with Gasteiger partial charge in [-0.05, 0) is 24.1 Å². The van der Waals surface area contributed by atoms with Gasteiger partial charge >= 0.3 is 0 Å². The molecule has 0 saturated heterocycles. The zero-order valence-corrected chi connectivity index (χ0v) is 11.8. The number of hydrogen-bond donors (Lipinski definition) is 3. The maximum atomic E-state index is 11.6. The molecule has 0 aliphatic heterocycles. The summed E-state index contributed by atoms with van der Waals surface area (Å²) in [5, 5.41) is 21.5. The number of carbonyl (C=O) groups excluding carboxylic acids is 1. The SMILES string of the molecule is CCC(O)/C=C\CC(=O)NCc1ccc(O)c(OC)c1. The van der Waals surface area contributed by atoms with E-state index in [1.165, 1.54) is 13.2 Å². The number of amides is 1. The summed E-state index contributed by atoms with van der Waals surface area (Å²) in [6.45, 7) is 2.23. The van der Waals surface area contributed by atoms with E-state index in [0.717, 1.165) is 5.56 Å². The fourth-order valence-corrected chi connectivity index (χ4v) is 1.57. The topological polar surface area (TPSA) is 78.8 Å². The molecule has 0 spiro atoms. The summed E-state index contributed by atoms with van der Waals surface area (Å²) in [5.74, 6) is 0.318. The van der Waals surface area contributed by atoms with E-state index in [9.17, 15) is 15.0 Å². The second-order valence-corrected chi connectivity index (χ2v) is 4.39.